The molecule has 0 aliphatic heterocycles. The quantitative estimate of drug-likeness (QED) is 0.722. The molecule has 0 amide bonds. The third kappa shape index (κ3) is 2.67. The summed E-state index contributed by atoms with van der Waals surface area (Å²) in [4.78, 5) is 0.0685. The van der Waals surface area contributed by atoms with Crippen molar-refractivity contribution in [1.29, 1.82) is 0 Å². The van der Waals surface area contributed by atoms with Gasteiger partial charge in [0.1, 0.15) is 15.9 Å². The van der Waals surface area contributed by atoms with E-state index in [4.69, 9.17) is 5.73 Å². The molecule has 0 unspecified atom stereocenters. The van der Waals surface area contributed by atoms with Crippen molar-refractivity contribution in [3.05, 3.63) is 42.0 Å². The van der Waals surface area contributed by atoms with E-state index in [2.05, 4.69) is 13.5 Å². The summed E-state index contributed by atoms with van der Waals surface area (Å²) in [7, 11) is -3.74. The van der Waals surface area contributed by atoms with Crippen LogP contribution in [0.5, 0.6) is 0 Å². The van der Waals surface area contributed by atoms with E-state index in [1.54, 1.807) is 36.4 Å². The minimum atomic E-state index is -3.74. The van der Waals surface area contributed by atoms with Crippen LogP contribution in [0, 0.1) is 6.92 Å². The van der Waals surface area contributed by atoms with Gasteiger partial charge in [-0.15, -0.1) is 0 Å². The average Bonchev–Trinajstić information content (AvgIpc) is 2.88. The third-order valence-corrected chi connectivity index (χ3v) is 4.96. The van der Waals surface area contributed by atoms with Gasteiger partial charge in [-0.05, 0) is 42.8 Å². The zero-order valence-corrected chi connectivity index (χ0v) is 12.7. The molecule has 0 aliphatic carbocycles. The largest absolute Gasteiger partial charge is 0.398 e. The van der Waals surface area contributed by atoms with E-state index in [1.807, 2.05) is 6.92 Å². The summed E-state index contributed by atoms with van der Waals surface area (Å²) in [6, 6.07) is 9.89. The highest BCUT2D eigenvalue weighted by Crippen LogP contribution is 2.24. The first kappa shape index (κ1) is 13.8. The van der Waals surface area contributed by atoms with Gasteiger partial charge >= 0.3 is 0 Å². The van der Waals surface area contributed by atoms with E-state index >= 15 is 0 Å². The summed E-state index contributed by atoms with van der Waals surface area (Å²) in [5.41, 5.74) is 8.61. The molecule has 3 aromatic rings. The summed E-state index contributed by atoms with van der Waals surface area (Å²) in [6.45, 7) is 1.81. The molecule has 0 atom stereocenters. The van der Waals surface area contributed by atoms with Crippen molar-refractivity contribution in [3.8, 4) is 0 Å². The highest BCUT2D eigenvalue weighted by molar-refractivity contribution is 7.92. The molecule has 1 heterocycles. The predicted octanol–water partition coefficient (Wildman–Crippen LogP) is 2.38. The van der Waals surface area contributed by atoms with E-state index in [9.17, 15) is 8.42 Å². The van der Waals surface area contributed by atoms with Gasteiger partial charge in [-0.25, -0.2) is 8.42 Å². The summed E-state index contributed by atoms with van der Waals surface area (Å²) in [6.07, 6.45) is 0. The number of anilines is 2. The summed E-state index contributed by atoms with van der Waals surface area (Å²) in [5.74, 6) is 0. The lowest BCUT2D eigenvalue weighted by molar-refractivity contribution is 0.601. The van der Waals surface area contributed by atoms with Gasteiger partial charge in [0.05, 0.1) is 23.1 Å². The van der Waals surface area contributed by atoms with Gasteiger partial charge in [-0.3, -0.25) is 4.72 Å². The van der Waals surface area contributed by atoms with Crippen LogP contribution in [-0.4, -0.2) is 17.2 Å². The Kier molecular flexibility index (Phi) is 3.26. The highest BCUT2D eigenvalue weighted by Gasteiger charge is 2.18. The molecule has 0 radical (unpaired) electrons. The molecule has 0 bridgehead atoms. The monoisotopic (exact) mass is 320 g/mol. The number of sulfonamides is 1. The molecule has 108 valence electrons. The standard InChI is InChI=1S/C13H12N4O2S2/c1-8-2-4-10(14)13(6-8)21(18,19)17-9-3-5-11-12(7-9)16-20-15-11/h2-7,17H,14H2,1H3. The highest BCUT2D eigenvalue weighted by atomic mass is 32.2. The summed E-state index contributed by atoms with van der Waals surface area (Å²) < 4.78 is 35.5. The first-order chi connectivity index (χ1) is 9.95. The molecular weight excluding hydrogens is 308 g/mol. The Bertz CT molecular complexity index is 919. The lowest BCUT2D eigenvalue weighted by Gasteiger charge is -2.10. The maximum absolute atomic E-state index is 12.4. The Labute approximate surface area is 126 Å². The van der Waals surface area contributed by atoms with Crippen molar-refractivity contribution in [2.24, 2.45) is 0 Å². The zero-order valence-electron chi connectivity index (χ0n) is 11.1. The fraction of sp³-hybridized carbons (Fsp3) is 0.0769. The number of benzene rings is 2. The SMILES string of the molecule is Cc1ccc(N)c(S(=O)(=O)Nc2ccc3nsnc3c2)c1. The lowest BCUT2D eigenvalue weighted by Crippen LogP contribution is -2.15. The molecular formula is C13H12N4O2S2. The van der Waals surface area contributed by atoms with E-state index < -0.39 is 10.0 Å². The Morgan fingerprint density at radius 3 is 2.67 bits per heavy atom. The number of nitrogens with zero attached hydrogens (tertiary/aromatic N) is 2. The maximum atomic E-state index is 12.4. The van der Waals surface area contributed by atoms with Gasteiger partial charge in [0.25, 0.3) is 10.0 Å². The first-order valence-electron chi connectivity index (χ1n) is 6.07. The zero-order chi connectivity index (χ0) is 15.0. The van der Waals surface area contributed by atoms with Crippen LogP contribution in [0.4, 0.5) is 11.4 Å². The van der Waals surface area contributed by atoms with E-state index in [0.717, 1.165) is 22.8 Å². The van der Waals surface area contributed by atoms with Crippen LogP contribution in [0.15, 0.2) is 41.3 Å². The summed E-state index contributed by atoms with van der Waals surface area (Å²) in [5, 5.41) is 0. The van der Waals surface area contributed by atoms with E-state index in [1.165, 1.54) is 0 Å². The second-order valence-electron chi connectivity index (χ2n) is 4.61. The number of aryl methyl sites for hydroxylation is 1. The van der Waals surface area contributed by atoms with Crippen molar-refractivity contribution in [1.82, 2.24) is 8.75 Å². The Balaban J connectivity index is 2.00. The van der Waals surface area contributed by atoms with Crippen molar-refractivity contribution in [2.75, 3.05) is 10.5 Å². The van der Waals surface area contributed by atoms with Crippen LogP contribution in [-0.2, 0) is 10.0 Å². The first-order valence-corrected chi connectivity index (χ1v) is 8.28. The van der Waals surface area contributed by atoms with Crippen LogP contribution in [0.3, 0.4) is 0 Å². The molecule has 0 fully saturated rings. The van der Waals surface area contributed by atoms with Crippen LogP contribution in [0.25, 0.3) is 11.0 Å². The third-order valence-electron chi connectivity index (χ3n) is 2.96. The second-order valence-corrected chi connectivity index (χ2v) is 6.79. The van der Waals surface area contributed by atoms with Gasteiger partial charge in [-0.2, -0.15) is 8.75 Å². The number of aromatic nitrogens is 2. The number of hydrogen-bond donors (Lipinski definition) is 2. The Hall–Kier alpha value is -2.19. The Morgan fingerprint density at radius 1 is 1.10 bits per heavy atom. The fourth-order valence-corrected chi connectivity index (χ4v) is 3.71. The fourth-order valence-electron chi connectivity index (χ4n) is 1.93. The maximum Gasteiger partial charge on any atom is 0.263 e. The lowest BCUT2D eigenvalue weighted by atomic mass is 10.2. The van der Waals surface area contributed by atoms with Crippen molar-refractivity contribution in [2.45, 2.75) is 11.8 Å². The molecule has 0 saturated heterocycles. The number of nitrogens with two attached hydrogens (primary N) is 1. The number of hydrogen-bond acceptors (Lipinski definition) is 6. The molecule has 2 aromatic carbocycles. The normalized spacial score (nSPS) is 11.7. The molecule has 0 aliphatic rings. The van der Waals surface area contributed by atoms with E-state index in [-0.39, 0.29) is 10.6 Å². The van der Waals surface area contributed by atoms with Gasteiger partial charge in [0, 0.05) is 0 Å². The minimum absolute atomic E-state index is 0.0685. The van der Waals surface area contributed by atoms with E-state index in [0.29, 0.717) is 11.2 Å². The molecule has 0 saturated carbocycles. The van der Waals surface area contributed by atoms with Gasteiger partial charge < -0.3 is 5.73 Å². The Morgan fingerprint density at radius 2 is 1.86 bits per heavy atom. The average molecular weight is 320 g/mol. The van der Waals surface area contributed by atoms with Crippen LogP contribution in [0.2, 0.25) is 0 Å². The van der Waals surface area contributed by atoms with Gasteiger partial charge in [0.2, 0.25) is 0 Å². The number of fused-ring (bicyclic) bond motifs is 1. The predicted molar refractivity (Wildman–Crippen MR) is 83.8 cm³/mol. The van der Waals surface area contributed by atoms with Crippen LogP contribution in [0.1, 0.15) is 5.56 Å². The second kappa shape index (κ2) is 4.97. The molecule has 1 aromatic heterocycles. The van der Waals surface area contributed by atoms with Crippen molar-refractivity contribution < 1.29 is 8.42 Å². The molecule has 0 spiro atoms. The number of nitrogens with one attached hydrogen (secondary N) is 1. The number of rotatable bonds is 3. The van der Waals surface area contributed by atoms with Gasteiger partial charge in [-0.1, -0.05) is 6.07 Å². The molecule has 21 heavy (non-hydrogen) atoms. The molecule has 3 N–H and O–H groups in total. The topological polar surface area (TPSA) is 98.0 Å². The molecule has 3 rings (SSSR count). The molecule has 8 heteroatoms. The molecule has 6 nitrogen and oxygen atoms in total. The van der Waals surface area contributed by atoms with Gasteiger partial charge in [0.15, 0.2) is 0 Å². The van der Waals surface area contributed by atoms with Crippen molar-refractivity contribution >= 4 is 44.2 Å². The smallest absolute Gasteiger partial charge is 0.263 e. The number of nitrogen functional groups attached to an aromatic ring is 1. The van der Waals surface area contributed by atoms with Crippen LogP contribution < -0.4 is 10.5 Å². The van der Waals surface area contributed by atoms with Crippen molar-refractivity contribution in [3.63, 3.8) is 0 Å². The van der Waals surface area contributed by atoms with Crippen LogP contribution >= 0.6 is 11.7 Å². The minimum Gasteiger partial charge on any atom is -0.398 e. The summed E-state index contributed by atoms with van der Waals surface area (Å²) >= 11 is 1.08.